The zero-order valence-electron chi connectivity index (χ0n) is 18.5. The number of benzene rings is 1. The van der Waals surface area contributed by atoms with Gasteiger partial charge in [0.1, 0.15) is 11.3 Å². The Morgan fingerprint density at radius 2 is 1.91 bits per heavy atom. The van der Waals surface area contributed by atoms with Gasteiger partial charge >= 0.3 is 0 Å². The Morgan fingerprint density at radius 1 is 1.03 bits per heavy atom. The number of aromatic nitrogens is 5. The summed E-state index contributed by atoms with van der Waals surface area (Å²) < 4.78 is 5.69. The lowest BCUT2D eigenvalue weighted by Gasteiger charge is -2.36. The van der Waals surface area contributed by atoms with Crippen molar-refractivity contribution in [3.8, 4) is 11.4 Å². The maximum Gasteiger partial charge on any atom is 0.229 e. The molecule has 2 fully saturated rings. The molecule has 1 unspecified atom stereocenters. The molecule has 0 radical (unpaired) electrons. The lowest BCUT2D eigenvalue weighted by molar-refractivity contribution is 0.0986. The van der Waals surface area contributed by atoms with E-state index in [1.165, 1.54) is 0 Å². The molecule has 2 aliphatic heterocycles. The van der Waals surface area contributed by atoms with Crippen LogP contribution >= 0.6 is 0 Å². The van der Waals surface area contributed by atoms with Crippen LogP contribution in [0.3, 0.4) is 0 Å². The smallest absolute Gasteiger partial charge is 0.229 e. The maximum atomic E-state index is 5.69. The Labute approximate surface area is 186 Å². The number of ether oxygens (including phenoxy) is 1. The molecule has 2 saturated heterocycles. The highest BCUT2D eigenvalue weighted by molar-refractivity contribution is 5.96. The Kier molecular flexibility index (Phi) is 4.73. The van der Waals surface area contributed by atoms with E-state index in [0.29, 0.717) is 18.9 Å². The number of nitrogens with zero attached hydrogens (tertiary/aromatic N) is 6. The van der Waals surface area contributed by atoms with Crippen LogP contribution in [0.4, 0.5) is 11.8 Å². The third kappa shape index (κ3) is 3.28. The fourth-order valence-electron chi connectivity index (χ4n) is 4.69. The Morgan fingerprint density at radius 3 is 2.75 bits per heavy atom. The molecule has 4 aromatic rings. The normalized spacial score (nSPS) is 20.5. The van der Waals surface area contributed by atoms with Crippen molar-refractivity contribution in [2.45, 2.75) is 13.0 Å². The fourth-order valence-corrected chi connectivity index (χ4v) is 4.69. The standard InChI is InChI=1S/C23H28N8O/c1-15-14-32-13-12-31(15)22-19-21(27-23(28-22)30-10-8-29(2)9-11-30)26-20(25-19)17-4-3-5-18-16(17)6-7-24-18/h3-7,15,24H,8-14H2,1-2H3,(H,25,26,27,28). The number of morpholine rings is 1. The van der Waals surface area contributed by atoms with Crippen LogP contribution in [0, 0.1) is 0 Å². The number of nitrogens with one attached hydrogen (secondary N) is 2. The second kappa shape index (κ2) is 7.75. The van der Waals surface area contributed by atoms with Crippen LogP contribution in [0.2, 0.25) is 0 Å². The summed E-state index contributed by atoms with van der Waals surface area (Å²) in [6.45, 7) is 8.22. The molecular weight excluding hydrogens is 404 g/mol. The van der Waals surface area contributed by atoms with Crippen LogP contribution in [0.25, 0.3) is 33.5 Å². The number of aromatic amines is 2. The first-order valence-electron chi connectivity index (χ1n) is 11.3. The molecule has 3 aromatic heterocycles. The zero-order chi connectivity index (χ0) is 21.7. The minimum atomic E-state index is 0.238. The van der Waals surface area contributed by atoms with Crippen molar-refractivity contribution in [2.75, 3.05) is 62.8 Å². The van der Waals surface area contributed by atoms with Crippen molar-refractivity contribution in [2.24, 2.45) is 0 Å². The maximum absolute atomic E-state index is 5.69. The van der Waals surface area contributed by atoms with Gasteiger partial charge in [-0.05, 0) is 26.1 Å². The largest absolute Gasteiger partial charge is 0.377 e. The zero-order valence-corrected chi connectivity index (χ0v) is 18.5. The summed E-state index contributed by atoms with van der Waals surface area (Å²) in [5.74, 6) is 2.49. The summed E-state index contributed by atoms with van der Waals surface area (Å²) in [7, 11) is 2.16. The molecule has 166 valence electrons. The van der Waals surface area contributed by atoms with Crippen LogP contribution in [0.15, 0.2) is 30.5 Å². The molecule has 0 saturated carbocycles. The summed E-state index contributed by atoms with van der Waals surface area (Å²) >= 11 is 0. The topological polar surface area (TPSA) is 89.2 Å². The van der Waals surface area contributed by atoms with Gasteiger partial charge in [-0.25, -0.2) is 4.98 Å². The molecule has 1 atom stereocenters. The molecule has 6 rings (SSSR count). The van der Waals surface area contributed by atoms with E-state index in [1.54, 1.807) is 0 Å². The van der Waals surface area contributed by atoms with Gasteiger partial charge in [-0.1, -0.05) is 12.1 Å². The van der Waals surface area contributed by atoms with Crippen molar-refractivity contribution in [1.82, 2.24) is 29.8 Å². The van der Waals surface area contributed by atoms with E-state index in [-0.39, 0.29) is 6.04 Å². The highest BCUT2D eigenvalue weighted by atomic mass is 16.5. The predicted molar refractivity (Wildman–Crippen MR) is 126 cm³/mol. The number of hydrogen-bond donors (Lipinski definition) is 2. The number of H-pyrrole nitrogens is 2. The fraction of sp³-hybridized carbons (Fsp3) is 0.435. The van der Waals surface area contributed by atoms with Crippen molar-refractivity contribution in [1.29, 1.82) is 0 Å². The van der Waals surface area contributed by atoms with Gasteiger partial charge in [-0.15, -0.1) is 0 Å². The predicted octanol–water partition coefficient (Wildman–Crippen LogP) is 2.48. The third-order valence-electron chi connectivity index (χ3n) is 6.60. The van der Waals surface area contributed by atoms with Gasteiger partial charge in [0.2, 0.25) is 5.95 Å². The first-order chi connectivity index (χ1) is 15.7. The summed E-state index contributed by atoms with van der Waals surface area (Å²) in [5.41, 5.74) is 3.75. The number of likely N-dealkylation sites (N-methyl/N-ethyl adjacent to an activating group) is 1. The molecule has 32 heavy (non-hydrogen) atoms. The molecule has 0 bridgehead atoms. The van der Waals surface area contributed by atoms with Gasteiger partial charge in [-0.3, -0.25) is 0 Å². The van der Waals surface area contributed by atoms with E-state index in [1.807, 2.05) is 12.3 Å². The van der Waals surface area contributed by atoms with Crippen LogP contribution in [0.5, 0.6) is 0 Å². The summed E-state index contributed by atoms with van der Waals surface area (Å²) in [6.07, 6.45) is 1.96. The van der Waals surface area contributed by atoms with Crippen molar-refractivity contribution in [3.63, 3.8) is 0 Å². The SMILES string of the molecule is CC1COCCN1c1nc(N2CCN(C)CC2)nc2nc(-c3cccc4[nH]ccc34)[nH]c12. The monoisotopic (exact) mass is 432 g/mol. The highest BCUT2D eigenvalue weighted by Crippen LogP contribution is 2.32. The van der Waals surface area contributed by atoms with Crippen LogP contribution in [0.1, 0.15) is 6.92 Å². The lowest BCUT2D eigenvalue weighted by atomic mass is 10.1. The van der Waals surface area contributed by atoms with Gasteiger partial charge in [0.05, 0.1) is 19.3 Å². The number of piperazine rings is 1. The molecule has 0 aliphatic carbocycles. The third-order valence-corrected chi connectivity index (χ3v) is 6.60. The van der Waals surface area contributed by atoms with E-state index in [4.69, 9.17) is 19.7 Å². The Balaban J connectivity index is 1.50. The molecule has 5 heterocycles. The van der Waals surface area contributed by atoms with Gasteiger partial charge in [0, 0.05) is 55.4 Å². The molecule has 0 amide bonds. The molecule has 1 aromatic carbocycles. The molecular formula is C23H28N8O. The molecule has 9 heteroatoms. The number of anilines is 2. The van der Waals surface area contributed by atoms with Crippen LogP contribution in [-0.4, -0.2) is 88.8 Å². The quantitative estimate of drug-likeness (QED) is 0.514. The number of hydrogen-bond acceptors (Lipinski definition) is 7. The minimum absolute atomic E-state index is 0.238. The van der Waals surface area contributed by atoms with Crippen LogP contribution in [-0.2, 0) is 4.74 Å². The average molecular weight is 433 g/mol. The molecule has 2 aliphatic rings. The van der Waals surface area contributed by atoms with Gasteiger partial charge in [0.15, 0.2) is 11.5 Å². The lowest BCUT2D eigenvalue weighted by Crippen LogP contribution is -2.46. The average Bonchev–Trinajstić information content (AvgIpc) is 3.46. The number of rotatable bonds is 3. The van der Waals surface area contributed by atoms with E-state index in [2.05, 4.69) is 56.8 Å². The van der Waals surface area contributed by atoms with E-state index in [9.17, 15) is 0 Å². The minimum Gasteiger partial charge on any atom is -0.377 e. The van der Waals surface area contributed by atoms with Crippen molar-refractivity contribution < 1.29 is 4.74 Å². The van der Waals surface area contributed by atoms with E-state index in [0.717, 1.165) is 72.3 Å². The van der Waals surface area contributed by atoms with E-state index < -0.39 is 0 Å². The first-order valence-corrected chi connectivity index (χ1v) is 11.3. The number of imidazole rings is 1. The summed E-state index contributed by atoms with van der Waals surface area (Å²) in [4.78, 5) is 28.7. The van der Waals surface area contributed by atoms with Crippen molar-refractivity contribution >= 4 is 33.8 Å². The number of fused-ring (bicyclic) bond motifs is 2. The van der Waals surface area contributed by atoms with E-state index >= 15 is 0 Å². The summed E-state index contributed by atoms with van der Waals surface area (Å²) in [5, 5.41) is 1.14. The molecule has 9 nitrogen and oxygen atoms in total. The van der Waals surface area contributed by atoms with Crippen LogP contribution < -0.4 is 9.80 Å². The first kappa shape index (κ1) is 19.5. The highest BCUT2D eigenvalue weighted by Gasteiger charge is 2.27. The van der Waals surface area contributed by atoms with Gasteiger partial charge in [-0.2, -0.15) is 9.97 Å². The van der Waals surface area contributed by atoms with Crippen molar-refractivity contribution in [3.05, 3.63) is 30.5 Å². The second-order valence-corrected chi connectivity index (χ2v) is 8.78. The van der Waals surface area contributed by atoms with Gasteiger partial charge in [0.25, 0.3) is 0 Å². The molecule has 2 N–H and O–H groups in total. The van der Waals surface area contributed by atoms with Gasteiger partial charge < -0.3 is 29.4 Å². The Bertz CT molecular complexity index is 1260. The molecule has 0 spiro atoms. The Hall–Kier alpha value is -3.17. The second-order valence-electron chi connectivity index (χ2n) is 8.78. The summed E-state index contributed by atoms with van der Waals surface area (Å²) in [6, 6.07) is 8.55.